The molecule has 0 fully saturated rings. The van der Waals surface area contributed by atoms with Gasteiger partial charge in [-0.15, -0.1) is 10.2 Å². The topological polar surface area (TPSA) is 59.2 Å². The van der Waals surface area contributed by atoms with E-state index in [-0.39, 0.29) is 11.2 Å². The minimum Gasteiger partial charge on any atom is -0.411 e. The first-order valence-electron chi connectivity index (χ1n) is 8.27. The van der Waals surface area contributed by atoms with Crippen molar-refractivity contribution in [2.45, 2.75) is 23.8 Å². The molecule has 132 valence electrons. The molecule has 2 aromatic carbocycles. The average Bonchev–Trinajstić information content (AvgIpc) is 3.28. The molecule has 0 bridgehead atoms. The number of anilines is 1. The van der Waals surface area contributed by atoms with Gasteiger partial charge in [0, 0.05) is 22.8 Å². The van der Waals surface area contributed by atoms with Crippen molar-refractivity contribution in [2.75, 3.05) is 11.4 Å². The third kappa shape index (κ3) is 3.34. The van der Waals surface area contributed by atoms with E-state index >= 15 is 0 Å². The monoisotopic (exact) mass is 385 g/mol. The summed E-state index contributed by atoms with van der Waals surface area (Å²) in [4.78, 5) is 14.7. The van der Waals surface area contributed by atoms with Gasteiger partial charge in [-0.25, -0.2) is 0 Å². The van der Waals surface area contributed by atoms with Crippen LogP contribution in [0.4, 0.5) is 5.69 Å². The van der Waals surface area contributed by atoms with Crippen molar-refractivity contribution in [1.82, 2.24) is 10.2 Å². The van der Waals surface area contributed by atoms with Gasteiger partial charge in [-0.2, -0.15) is 0 Å². The van der Waals surface area contributed by atoms with Gasteiger partial charge in [0.15, 0.2) is 0 Å². The number of para-hydroxylation sites is 1. The van der Waals surface area contributed by atoms with Gasteiger partial charge in [-0.1, -0.05) is 47.6 Å². The van der Waals surface area contributed by atoms with Crippen molar-refractivity contribution in [3.05, 3.63) is 59.1 Å². The van der Waals surface area contributed by atoms with E-state index in [1.807, 2.05) is 42.2 Å². The number of hydrogen-bond acceptors (Lipinski definition) is 5. The van der Waals surface area contributed by atoms with E-state index in [4.69, 9.17) is 16.0 Å². The first kappa shape index (κ1) is 17.1. The zero-order chi connectivity index (χ0) is 18.1. The van der Waals surface area contributed by atoms with Crippen LogP contribution in [0, 0.1) is 0 Å². The number of halogens is 1. The second-order valence-electron chi connectivity index (χ2n) is 6.01. The minimum atomic E-state index is -0.325. The number of carbonyl (C=O) groups excluding carboxylic acids is 1. The van der Waals surface area contributed by atoms with Gasteiger partial charge in [0.25, 0.3) is 5.22 Å². The Morgan fingerprint density at radius 3 is 2.92 bits per heavy atom. The highest BCUT2D eigenvalue weighted by atomic mass is 35.5. The lowest BCUT2D eigenvalue weighted by molar-refractivity contribution is -0.117. The maximum atomic E-state index is 12.8. The Kier molecular flexibility index (Phi) is 4.70. The van der Waals surface area contributed by atoms with Gasteiger partial charge >= 0.3 is 0 Å². The highest BCUT2D eigenvalue weighted by Crippen LogP contribution is 2.32. The van der Waals surface area contributed by atoms with E-state index in [0.717, 1.165) is 17.7 Å². The van der Waals surface area contributed by atoms with Crippen LogP contribution in [0.2, 0.25) is 5.02 Å². The minimum absolute atomic E-state index is 0.0439. The molecule has 1 aliphatic rings. The number of benzene rings is 2. The summed E-state index contributed by atoms with van der Waals surface area (Å²) in [7, 11) is 0. The largest absolute Gasteiger partial charge is 0.411 e. The lowest BCUT2D eigenvalue weighted by atomic mass is 10.2. The second kappa shape index (κ2) is 7.13. The van der Waals surface area contributed by atoms with E-state index in [2.05, 4.69) is 16.3 Å². The molecule has 4 rings (SSSR count). The molecular formula is C19H16ClN3O2S. The Morgan fingerprint density at radius 1 is 1.23 bits per heavy atom. The van der Waals surface area contributed by atoms with Crippen LogP contribution in [-0.4, -0.2) is 27.9 Å². The van der Waals surface area contributed by atoms with Crippen molar-refractivity contribution in [3.63, 3.8) is 0 Å². The van der Waals surface area contributed by atoms with Crippen molar-refractivity contribution >= 4 is 35.0 Å². The van der Waals surface area contributed by atoms with Gasteiger partial charge in [0.05, 0.1) is 5.25 Å². The number of aromatic nitrogens is 2. The standard InChI is InChI=1S/C19H16ClN3O2S/c1-12(18(24)23-10-9-13-5-2-3-8-16(13)23)26-19-22-21-17(25-19)14-6-4-7-15(20)11-14/h2-8,11-12H,9-10H2,1H3/t12-/m0/s1. The maximum Gasteiger partial charge on any atom is 0.277 e. The molecule has 1 aliphatic heterocycles. The molecule has 0 radical (unpaired) electrons. The van der Waals surface area contributed by atoms with Gasteiger partial charge in [0.1, 0.15) is 0 Å². The van der Waals surface area contributed by atoms with Crippen LogP contribution < -0.4 is 4.90 Å². The number of amides is 1. The van der Waals surface area contributed by atoms with Crippen LogP contribution in [-0.2, 0) is 11.2 Å². The molecule has 1 amide bonds. The summed E-state index contributed by atoms with van der Waals surface area (Å²) in [5.41, 5.74) is 2.96. The van der Waals surface area contributed by atoms with Crippen LogP contribution in [0.1, 0.15) is 12.5 Å². The molecule has 0 unspecified atom stereocenters. The van der Waals surface area contributed by atoms with Crippen LogP contribution >= 0.6 is 23.4 Å². The maximum absolute atomic E-state index is 12.8. The number of rotatable bonds is 4. The molecule has 0 N–H and O–H groups in total. The summed E-state index contributed by atoms with van der Waals surface area (Å²) in [5, 5.41) is 8.75. The number of fused-ring (bicyclic) bond motifs is 1. The molecule has 26 heavy (non-hydrogen) atoms. The molecule has 2 heterocycles. The average molecular weight is 386 g/mol. The Labute approximate surface area is 160 Å². The van der Waals surface area contributed by atoms with Gasteiger partial charge in [0.2, 0.25) is 11.8 Å². The summed E-state index contributed by atoms with van der Waals surface area (Å²) in [6.07, 6.45) is 0.888. The molecule has 5 nitrogen and oxygen atoms in total. The molecule has 1 aromatic heterocycles. The lowest BCUT2D eigenvalue weighted by Crippen LogP contribution is -2.35. The number of hydrogen-bond donors (Lipinski definition) is 0. The van der Waals surface area contributed by atoms with E-state index in [1.165, 1.54) is 17.3 Å². The number of carbonyl (C=O) groups is 1. The van der Waals surface area contributed by atoms with Crippen LogP contribution in [0.5, 0.6) is 0 Å². The summed E-state index contributed by atoms with van der Waals surface area (Å²) in [6, 6.07) is 15.2. The fraction of sp³-hybridized carbons (Fsp3) is 0.211. The highest BCUT2D eigenvalue weighted by molar-refractivity contribution is 8.00. The van der Waals surface area contributed by atoms with Gasteiger partial charge < -0.3 is 9.32 Å². The summed E-state index contributed by atoms with van der Waals surface area (Å²) < 4.78 is 5.69. The molecule has 1 atom stereocenters. The van der Waals surface area contributed by atoms with Crippen LogP contribution in [0.3, 0.4) is 0 Å². The van der Waals surface area contributed by atoms with Gasteiger partial charge in [-0.3, -0.25) is 4.79 Å². The Bertz CT molecular complexity index is 959. The van der Waals surface area contributed by atoms with Crippen molar-refractivity contribution in [1.29, 1.82) is 0 Å². The highest BCUT2D eigenvalue weighted by Gasteiger charge is 2.29. The quantitative estimate of drug-likeness (QED) is 0.620. The fourth-order valence-electron chi connectivity index (χ4n) is 2.98. The molecule has 3 aromatic rings. The van der Waals surface area contributed by atoms with Crippen molar-refractivity contribution in [2.24, 2.45) is 0 Å². The lowest BCUT2D eigenvalue weighted by Gasteiger charge is -2.20. The van der Waals surface area contributed by atoms with Crippen molar-refractivity contribution < 1.29 is 9.21 Å². The molecule has 0 saturated heterocycles. The first-order chi connectivity index (χ1) is 12.6. The summed E-state index contributed by atoms with van der Waals surface area (Å²) in [5.74, 6) is 0.434. The predicted octanol–water partition coefficient (Wildman–Crippen LogP) is 4.46. The third-order valence-electron chi connectivity index (χ3n) is 4.26. The molecule has 7 heteroatoms. The number of thioether (sulfide) groups is 1. The SMILES string of the molecule is C[C@H](Sc1nnc(-c2cccc(Cl)c2)o1)C(=O)N1CCc2ccccc21. The Hall–Kier alpha value is -2.31. The fourth-order valence-corrected chi connectivity index (χ4v) is 3.92. The smallest absolute Gasteiger partial charge is 0.277 e. The molecular weight excluding hydrogens is 370 g/mol. The van der Waals surface area contributed by atoms with E-state index in [9.17, 15) is 4.79 Å². The second-order valence-corrected chi connectivity index (χ2v) is 7.74. The predicted molar refractivity (Wildman–Crippen MR) is 103 cm³/mol. The third-order valence-corrected chi connectivity index (χ3v) is 5.41. The molecule has 0 spiro atoms. The Morgan fingerprint density at radius 2 is 2.08 bits per heavy atom. The van der Waals surface area contributed by atoms with E-state index < -0.39 is 0 Å². The first-order valence-corrected chi connectivity index (χ1v) is 9.53. The van der Waals surface area contributed by atoms with E-state index in [1.54, 1.807) is 12.1 Å². The van der Waals surface area contributed by atoms with Crippen molar-refractivity contribution in [3.8, 4) is 11.5 Å². The van der Waals surface area contributed by atoms with Crippen LogP contribution in [0.15, 0.2) is 58.2 Å². The van der Waals surface area contributed by atoms with Gasteiger partial charge in [-0.05, 0) is 43.2 Å². The number of nitrogens with zero attached hydrogens (tertiary/aromatic N) is 3. The zero-order valence-electron chi connectivity index (χ0n) is 14.1. The molecule has 0 saturated carbocycles. The summed E-state index contributed by atoms with van der Waals surface area (Å²) >= 11 is 7.26. The van der Waals surface area contributed by atoms with Crippen LogP contribution in [0.25, 0.3) is 11.5 Å². The molecule has 0 aliphatic carbocycles. The van der Waals surface area contributed by atoms with E-state index in [0.29, 0.717) is 22.7 Å². The summed E-state index contributed by atoms with van der Waals surface area (Å²) in [6.45, 7) is 2.57. The zero-order valence-corrected chi connectivity index (χ0v) is 15.6. The Balaban J connectivity index is 1.47. The normalized spacial score (nSPS) is 14.3.